The topological polar surface area (TPSA) is 44.9 Å². The Bertz CT molecular complexity index is 929. The number of carbonyl (C=O) groups excluding carboxylic acids is 1. The first kappa shape index (κ1) is 18.6. The van der Waals surface area contributed by atoms with Crippen molar-refractivity contribution in [1.29, 1.82) is 0 Å². The van der Waals surface area contributed by atoms with Crippen molar-refractivity contribution in [3.8, 4) is 11.3 Å². The fourth-order valence-corrected chi connectivity index (χ4v) is 5.06. The molecule has 1 aromatic heterocycles. The van der Waals surface area contributed by atoms with Gasteiger partial charge in [-0.25, -0.2) is 0 Å². The second-order valence-electron chi connectivity index (χ2n) is 7.00. The van der Waals surface area contributed by atoms with Gasteiger partial charge in [-0.05, 0) is 36.6 Å². The van der Waals surface area contributed by atoms with Gasteiger partial charge in [0.25, 0.3) is 0 Å². The first-order chi connectivity index (χ1) is 13.2. The standard InChI is InChI=1S/C22H23BrN2OS/c23-17-11-9-15(10-12-17)20-21(18-7-3-4-8-19(18)25-20)27-14-13-24-22(26)16-5-1-2-6-16/h3-4,7-12,16,25H,1-2,5-6,13-14H2,(H,24,26). The van der Waals surface area contributed by atoms with Crippen molar-refractivity contribution in [3.05, 3.63) is 53.0 Å². The maximum Gasteiger partial charge on any atom is 0.223 e. The lowest BCUT2D eigenvalue weighted by molar-refractivity contribution is -0.124. The number of H-pyrrole nitrogens is 1. The molecule has 1 saturated carbocycles. The number of hydrogen-bond acceptors (Lipinski definition) is 2. The average molecular weight is 443 g/mol. The number of amides is 1. The minimum absolute atomic E-state index is 0.236. The van der Waals surface area contributed by atoms with Crippen LogP contribution in [0.15, 0.2) is 57.9 Å². The van der Waals surface area contributed by atoms with Crippen molar-refractivity contribution in [1.82, 2.24) is 10.3 Å². The highest BCUT2D eigenvalue weighted by molar-refractivity contribution is 9.10. The monoisotopic (exact) mass is 442 g/mol. The van der Waals surface area contributed by atoms with Gasteiger partial charge in [0.05, 0.1) is 5.69 Å². The minimum Gasteiger partial charge on any atom is -0.355 e. The predicted octanol–water partition coefficient (Wildman–Crippen LogP) is 6.00. The molecule has 140 valence electrons. The fourth-order valence-electron chi connectivity index (χ4n) is 3.75. The van der Waals surface area contributed by atoms with Gasteiger partial charge in [-0.15, -0.1) is 11.8 Å². The molecule has 0 radical (unpaired) electrons. The van der Waals surface area contributed by atoms with Gasteiger partial charge < -0.3 is 10.3 Å². The van der Waals surface area contributed by atoms with Crippen molar-refractivity contribution >= 4 is 44.5 Å². The van der Waals surface area contributed by atoms with E-state index in [2.05, 4.69) is 74.8 Å². The molecule has 0 aliphatic heterocycles. The molecule has 1 aliphatic rings. The van der Waals surface area contributed by atoms with Crippen LogP contribution in [0.2, 0.25) is 0 Å². The molecule has 0 bridgehead atoms. The smallest absolute Gasteiger partial charge is 0.223 e. The number of halogens is 1. The van der Waals surface area contributed by atoms with Crippen LogP contribution in [-0.2, 0) is 4.79 Å². The lowest BCUT2D eigenvalue weighted by Gasteiger charge is -2.10. The van der Waals surface area contributed by atoms with Gasteiger partial charge in [-0.2, -0.15) is 0 Å². The van der Waals surface area contributed by atoms with Crippen molar-refractivity contribution < 1.29 is 4.79 Å². The molecule has 1 heterocycles. The van der Waals surface area contributed by atoms with Crippen LogP contribution in [0.25, 0.3) is 22.2 Å². The summed E-state index contributed by atoms with van der Waals surface area (Å²) >= 11 is 5.32. The van der Waals surface area contributed by atoms with Crippen LogP contribution < -0.4 is 5.32 Å². The van der Waals surface area contributed by atoms with Gasteiger partial charge in [0.15, 0.2) is 0 Å². The molecule has 2 N–H and O–H groups in total. The summed E-state index contributed by atoms with van der Waals surface area (Å²) in [6.07, 6.45) is 4.49. The number of rotatable bonds is 6. The summed E-state index contributed by atoms with van der Waals surface area (Å²) in [6, 6.07) is 16.8. The molecular weight excluding hydrogens is 420 g/mol. The third-order valence-electron chi connectivity index (χ3n) is 5.16. The normalized spacial score (nSPS) is 14.7. The Morgan fingerprint density at radius 2 is 1.85 bits per heavy atom. The zero-order valence-electron chi connectivity index (χ0n) is 15.1. The van der Waals surface area contributed by atoms with E-state index >= 15 is 0 Å². The predicted molar refractivity (Wildman–Crippen MR) is 117 cm³/mol. The van der Waals surface area contributed by atoms with Crippen molar-refractivity contribution in [3.63, 3.8) is 0 Å². The largest absolute Gasteiger partial charge is 0.355 e. The molecule has 1 fully saturated rings. The fraction of sp³-hybridized carbons (Fsp3) is 0.318. The van der Waals surface area contributed by atoms with Crippen molar-refractivity contribution in [2.75, 3.05) is 12.3 Å². The molecule has 0 atom stereocenters. The number of aromatic nitrogens is 1. The highest BCUT2D eigenvalue weighted by Crippen LogP contribution is 2.37. The molecule has 1 amide bonds. The third kappa shape index (κ3) is 4.25. The van der Waals surface area contributed by atoms with Crippen LogP contribution in [-0.4, -0.2) is 23.2 Å². The Morgan fingerprint density at radius 1 is 1.11 bits per heavy atom. The van der Waals surface area contributed by atoms with Gasteiger partial charge in [-0.1, -0.05) is 59.1 Å². The minimum atomic E-state index is 0.236. The van der Waals surface area contributed by atoms with Gasteiger partial charge >= 0.3 is 0 Å². The van der Waals surface area contributed by atoms with Gasteiger partial charge in [-0.3, -0.25) is 4.79 Å². The summed E-state index contributed by atoms with van der Waals surface area (Å²) in [5.74, 6) is 1.34. The first-order valence-electron chi connectivity index (χ1n) is 9.49. The Balaban J connectivity index is 1.49. The second-order valence-corrected chi connectivity index (χ2v) is 9.02. The molecule has 1 aliphatic carbocycles. The van der Waals surface area contributed by atoms with E-state index in [1.165, 1.54) is 28.7 Å². The second kappa shape index (κ2) is 8.53. The van der Waals surface area contributed by atoms with Crippen molar-refractivity contribution in [2.24, 2.45) is 5.92 Å². The Kier molecular flexibility index (Phi) is 5.89. The molecule has 4 rings (SSSR count). The number of aromatic amines is 1. The van der Waals surface area contributed by atoms with Crippen LogP contribution in [0.5, 0.6) is 0 Å². The van der Waals surface area contributed by atoms with E-state index in [0.29, 0.717) is 6.54 Å². The van der Waals surface area contributed by atoms with Crippen molar-refractivity contribution in [2.45, 2.75) is 30.6 Å². The quantitative estimate of drug-likeness (QED) is 0.363. The lowest BCUT2D eigenvalue weighted by atomic mass is 10.1. The highest BCUT2D eigenvalue weighted by Gasteiger charge is 2.22. The number of hydrogen-bond donors (Lipinski definition) is 2. The average Bonchev–Trinajstić information content (AvgIpc) is 3.34. The molecule has 2 aromatic carbocycles. The molecule has 0 spiro atoms. The van der Waals surface area contributed by atoms with E-state index in [1.54, 1.807) is 0 Å². The molecule has 0 unspecified atom stereocenters. The van der Waals surface area contributed by atoms with Crippen LogP contribution in [0.4, 0.5) is 0 Å². The SMILES string of the molecule is O=C(NCCSc1c(-c2ccc(Br)cc2)[nH]c2ccccc12)C1CCCC1. The van der Waals surface area contributed by atoms with E-state index in [1.807, 2.05) is 11.8 Å². The number of thioether (sulfide) groups is 1. The summed E-state index contributed by atoms with van der Waals surface area (Å²) in [5, 5.41) is 4.36. The molecule has 3 nitrogen and oxygen atoms in total. The van der Waals surface area contributed by atoms with Crippen LogP contribution in [0.1, 0.15) is 25.7 Å². The third-order valence-corrected chi connectivity index (χ3v) is 6.81. The molecule has 0 saturated heterocycles. The maximum absolute atomic E-state index is 12.2. The molecule has 5 heteroatoms. The zero-order valence-corrected chi connectivity index (χ0v) is 17.5. The molecular formula is C22H23BrN2OS. The van der Waals surface area contributed by atoms with E-state index in [0.717, 1.165) is 34.3 Å². The summed E-state index contributed by atoms with van der Waals surface area (Å²) < 4.78 is 1.08. The summed E-state index contributed by atoms with van der Waals surface area (Å²) in [7, 11) is 0. The van der Waals surface area contributed by atoms with E-state index in [9.17, 15) is 4.79 Å². The Hall–Kier alpha value is -1.72. The highest BCUT2D eigenvalue weighted by atomic mass is 79.9. The summed E-state index contributed by atoms with van der Waals surface area (Å²) in [4.78, 5) is 17.0. The Morgan fingerprint density at radius 3 is 2.63 bits per heavy atom. The number of fused-ring (bicyclic) bond motifs is 1. The van der Waals surface area contributed by atoms with Gasteiger partial charge in [0.1, 0.15) is 0 Å². The van der Waals surface area contributed by atoms with E-state index in [-0.39, 0.29) is 11.8 Å². The lowest BCUT2D eigenvalue weighted by Crippen LogP contribution is -2.30. The first-order valence-corrected chi connectivity index (χ1v) is 11.3. The zero-order chi connectivity index (χ0) is 18.6. The van der Waals surface area contributed by atoms with Gasteiger partial charge in [0.2, 0.25) is 5.91 Å². The number of carbonyl (C=O) groups is 1. The van der Waals surface area contributed by atoms with Gasteiger partial charge in [0, 0.05) is 38.5 Å². The summed E-state index contributed by atoms with van der Waals surface area (Å²) in [5.41, 5.74) is 3.47. The molecule has 3 aromatic rings. The van der Waals surface area contributed by atoms with Crippen LogP contribution in [0, 0.1) is 5.92 Å². The Labute approximate surface area is 172 Å². The number of para-hydroxylation sites is 1. The van der Waals surface area contributed by atoms with E-state index < -0.39 is 0 Å². The van der Waals surface area contributed by atoms with E-state index in [4.69, 9.17) is 0 Å². The number of benzene rings is 2. The summed E-state index contributed by atoms with van der Waals surface area (Å²) in [6.45, 7) is 0.708. The number of nitrogens with one attached hydrogen (secondary N) is 2. The maximum atomic E-state index is 12.2. The van der Waals surface area contributed by atoms with Crippen LogP contribution >= 0.6 is 27.7 Å². The molecule has 27 heavy (non-hydrogen) atoms. The van der Waals surface area contributed by atoms with Crippen LogP contribution in [0.3, 0.4) is 0 Å².